The standard InChI is InChI=1S/C27H32N4O3/c32-26-9-4-13-30(26)17-18-34-23-7-1-6-22(20-23)27(33)31-14-2-5-21(10-15-31)19-24-25-8-3-12-29(25)16-11-28-24/h1,3,6-8,11-12,16,20-21H,2,4-5,9-10,13-15,17-19H2. The molecule has 2 saturated heterocycles. The van der Waals surface area contributed by atoms with Crippen LogP contribution in [0.3, 0.4) is 0 Å². The Morgan fingerprint density at radius 2 is 2.00 bits per heavy atom. The van der Waals surface area contributed by atoms with Gasteiger partial charge < -0.3 is 18.9 Å². The number of nitrogens with zero attached hydrogens (tertiary/aromatic N) is 4. The molecular weight excluding hydrogens is 428 g/mol. The van der Waals surface area contributed by atoms with E-state index in [2.05, 4.69) is 27.7 Å². The number of carbonyl (C=O) groups is 2. The van der Waals surface area contributed by atoms with Crippen LogP contribution in [0, 0.1) is 5.92 Å². The Morgan fingerprint density at radius 1 is 1.06 bits per heavy atom. The summed E-state index contributed by atoms with van der Waals surface area (Å²) < 4.78 is 7.98. The summed E-state index contributed by atoms with van der Waals surface area (Å²) in [5.74, 6) is 1.46. The molecule has 2 amide bonds. The van der Waals surface area contributed by atoms with Gasteiger partial charge in [-0.2, -0.15) is 0 Å². The Kier molecular flexibility index (Phi) is 6.79. The van der Waals surface area contributed by atoms with Crippen LogP contribution < -0.4 is 4.74 Å². The fourth-order valence-corrected chi connectivity index (χ4v) is 5.15. The number of fused-ring (bicyclic) bond motifs is 1. The zero-order valence-electron chi connectivity index (χ0n) is 19.6. The molecule has 2 aliphatic rings. The van der Waals surface area contributed by atoms with Crippen LogP contribution in [0.25, 0.3) is 5.52 Å². The lowest BCUT2D eigenvalue weighted by molar-refractivity contribution is -0.128. The Labute approximate surface area is 200 Å². The van der Waals surface area contributed by atoms with Gasteiger partial charge in [0.15, 0.2) is 0 Å². The largest absolute Gasteiger partial charge is 0.492 e. The first-order valence-electron chi connectivity index (χ1n) is 12.4. The zero-order valence-corrected chi connectivity index (χ0v) is 19.6. The Bertz CT molecular complexity index is 1160. The number of benzene rings is 1. The lowest BCUT2D eigenvalue weighted by Gasteiger charge is -2.21. The van der Waals surface area contributed by atoms with E-state index in [0.717, 1.165) is 57.4 Å². The second-order valence-electron chi connectivity index (χ2n) is 9.33. The van der Waals surface area contributed by atoms with Crippen LogP contribution in [-0.4, -0.2) is 63.8 Å². The number of likely N-dealkylation sites (tertiary alicyclic amines) is 2. The van der Waals surface area contributed by atoms with Gasteiger partial charge in [0, 0.05) is 50.2 Å². The van der Waals surface area contributed by atoms with E-state index in [1.54, 1.807) is 0 Å². The van der Waals surface area contributed by atoms with E-state index < -0.39 is 0 Å². The number of rotatable bonds is 7. The van der Waals surface area contributed by atoms with Crippen molar-refractivity contribution in [3.63, 3.8) is 0 Å². The molecule has 2 aromatic heterocycles. The van der Waals surface area contributed by atoms with Crippen molar-refractivity contribution in [1.29, 1.82) is 0 Å². The minimum absolute atomic E-state index is 0.0626. The lowest BCUT2D eigenvalue weighted by Crippen LogP contribution is -2.32. The van der Waals surface area contributed by atoms with Gasteiger partial charge in [0.25, 0.3) is 5.91 Å². The first kappa shape index (κ1) is 22.4. The van der Waals surface area contributed by atoms with Crippen molar-refractivity contribution in [3.8, 4) is 5.75 Å². The van der Waals surface area contributed by atoms with Crippen LogP contribution in [0.1, 0.15) is 48.2 Å². The van der Waals surface area contributed by atoms with Crippen LogP contribution in [0.4, 0.5) is 0 Å². The molecule has 1 aromatic carbocycles. The maximum atomic E-state index is 13.2. The second-order valence-corrected chi connectivity index (χ2v) is 9.33. The highest BCUT2D eigenvalue weighted by atomic mass is 16.5. The summed E-state index contributed by atoms with van der Waals surface area (Å²) in [6.45, 7) is 3.39. The van der Waals surface area contributed by atoms with E-state index in [-0.39, 0.29) is 11.8 Å². The van der Waals surface area contributed by atoms with Gasteiger partial charge in [0.1, 0.15) is 12.4 Å². The average molecular weight is 461 g/mol. The summed E-state index contributed by atoms with van der Waals surface area (Å²) in [6, 6.07) is 11.6. The third kappa shape index (κ3) is 5.08. The van der Waals surface area contributed by atoms with Crippen LogP contribution >= 0.6 is 0 Å². The highest BCUT2D eigenvalue weighted by Crippen LogP contribution is 2.25. The molecule has 1 atom stereocenters. The van der Waals surface area contributed by atoms with Crippen LogP contribution in [0.5, 0.6) is 5.75 Å². The molecule has 0 aliphatic carbocycles. The summed E-state index contributed by atoms with van der Waals surface area (Å²) in [6.07, 6.45) is 11.5. The van der Waals surface area contributed by atoms with Crippen molar-refractivity contribution < 1.29 is 14.3 Å². The maximum Gasteiger partial charge on any atom is 0.253 e. The zero-order chi connectivity index (χ0) is 23.3. The molecule has 0 bridgehead atoms. The average Bonchev–Trinajstić information content (AvgIpc) is 3.43. The summed E-state index contributed by atoms with van der Waals surface area (Å²) in [4.78, 5) is 33.4. The maximum absolute atomic E-state index is 13.2. The summed E-state index contributed by atoms with van der Waals surface area (Å²) in [5.41, 5.74) is 2.97. The fourth-order valence-electron chi connectivity index (χ4n) is 5.15. The third-order valence-electron chi connectivity index (χ3n) is 7.03. The van der Waals surface area contributed by atoms with E-state index >= 15 is 0 Å². The van der Waals surface area contributed by atoms with Gasteiger partial charge in [-0.05, 0) is 68.4 Å². The monoisotopic (exact) mass is 460 g/mol. The highest BCUT2D eigenvalue weighted by molar-refractivity contribution is 5.94. The molecule has 7 nitrogen and oxygen atoms in total. The first-order valence-corrected chi connectivity index (χ1v) is 12.4. The van der Waals surface area contributed by atoms with E-state index in [9.17, 15) is 9.59 Å². The third-order valence-corrected chi connectivity index (χ3v) is 7.03. The quantitative estimate of drug-likeness (QED) is 0.538. The Hall–Kier alpha value is -3.35. The van der Waals surface area contributed by atoms with Crippen LogP contribution in [-0.2, 0) is 11.2 Å². The molecule has 3 aromatic rings. The topological polar surface area (TPSA) is 67.2 Å². The summed E-state index contributed by atoms with van der Waals surface area (Å²) in [7, 11) is 0. The molecule has 178 valence electrons. The smallest absolute Gasteiger partial charge is 0.253 e. The SMILES string of the molecule is O=C1CCCN1CCOc1cccc(C(=O)N2CCCC(Cc3nccn4cccc34)CC2)c1. The Balaban J connectivity index is 1.16. The Morgan fingerprint density at radius 3 is 2.88 bits per heavy atom. The molecule has 0 radical (unpaired) electrons. The number of ether oxygens (including phenoxy) is 1. The van der Waals surface area contributed by atoms with E-state index in [1.807, 2.05) is 46.5 Å². The predicted octanol–water partition coefficient (Wildman–Crippen LogP) is 3.82. The molecule has 0 saturated carbocycles. The first-order chi connectivity index (χ1) is 16.7. The molecule has 34 heavy (non-hydrogen) atoms. The van der Waals surface area contributed by atoms with Gasteiger partial charge in [-0.25, -0.2) is 0 Å². The minimum Gasteiger partial charge on any atom is -0.492 e. The predicted molar refractivity (Wildman–Crippen MR) is 130 cm³/mol. The molecule has 1 unspecified atom stereocenters. The van der Waals surface area contributed by atoms with Crippen molar-refractivity contribution in [2.24, 2.45) is 5.92 Å². The van der Waals surface area contributed by atoms with Gasteiger partial charge in [-0.15, -0.1) is 0 Å². The number of aromatic nitrogens is 2. The number of hydrogen-bond donors (Lipinski definition) is 0. The van der Waals surface area contributed by atoms with Crippen molar-refractivity contribution in [2.45, 2.75) is 38.5 Å². The van der Waals surface area contributed by atoms with Crippen molar-refractivity contribution >= 4 is 17.3 Å². The molecule has 4 heterocycles. The summed E-state index contributed by atoms with van der Waals surface area (Å²) in [5, 5.41) is 0. The summed E-state index contributed by atoms with van der Waals surface area (Å²) >= 11 is 0. The molecule has 2 aliphatic heterocycles. The van der Waals surface area contributed by atoms with Gasteiger partial charge in [-0.3, -0.25) is 14.6 Å². The number of hydrogen-bond acceptors (Lipinski definition) is 4. The second kappa shape index (κ2) is 10.3. The lowest BCUT2D eigenvalue weighted by atomic mass is 9.95. The van der Waals surface area contributed by atoms with Crippen molar-refractivity contribution in [2.75, 3.05) is 32.8 Å². The number of amides is 2. The molecule has 2 fully saturated rings. The van der Waals surface area contributed by atoms with E-state index in [0.29, 0.717) is 36.8 Å². The molecule has 0 N–H and O–H groups in total. The van der Waals surface area contributed by atoms with E-state index in [1.165, 1.54) is 5.52 Å². The van der Waals surface area contributed by atoms with Gasteiger partial charge in [-0.1, -0.05) is 6.07 Å². The molecule has 0 spiro atoms. The van der Waals surface area contributed by atoms with Crippen molar-refractivity contribution in [1.82, 2.24) is 19.2 Å². The van der Waals surface area contributed by atoms with Gasteiger partial charge in [0.05, 0.1) is 17.8 Å². The highest BCUT2D eigenvalue weighted by Gasteiger charge is 2.23. The molecule has 7 heteroatoms. The normalized spacial score (nSPS) is 18.9. The van der Waals surface area contributed by atoms with Crippen LogP contribution in [0.2, 0.25) is 0 Å². The number of carbonyl (C=O) groups excluding carboxylic acids is 2. The van der Waals surface area contributed by atoms with Crippen LogP contribution in [0.15, 0.2) is 55.0 Å². The van der Waals surface area contributed by atoms with Gasteiger partial charge in [0.2, 0.25) is 5.91 Å². The van der Waals surface area contributed by atoms with Crippen molar-refractivity contribution in [3.05, 3.63) is 66.2 Å². The minimum atomic E-state index is 0.0626. The molecule has 5 rings (SSSR count). The van der Waals surface area contributed by atoms with E-state index in [4.69, 9.17) is 4.74 Å². The fraction of sp³-hybridized carbons (Fsp3) is 0.444. The van der Waals surface area contributed by atoms with Gasteiger partial charge >= 0.3 is 0 Å². The molecular formula is C27H32N4O3.